The number of halogens is 1. The van der Waals surface area contributed by atoms with E-state index < -0.39 is 32.7 Å². The van der Waals surface area contributed by atoms with Crippen molar-refractivity contribution in [2.75, 3.05) is 18.4 Å². The molecule has 184 valence electrons. The van der Waals surface area contributed by atoms with Gasteiger partial charge in [0.1, 0.15) is 16.8 Å². The van der Waals surface area contributed by atoms with Gasteiger partial charge < -0.3 is 10.2 Å². The first-order valence-corrected chi connectivity index (χ1v) is 12.7. The summed E-state index contributed by atoms with van der Waals surface area (Å²) in [7, 11) is -4.33. The lowest BCUT2D eigenvalue weighted by Gasteiger charge is -2.20. The van der Waals surface area contributed by atoms with Crippen LogP contribution in [-0.2, 0) is 21.2 Å². The molecule has 9 heteroatoms. The third-order valence-electron chi connectivity index (χ3n) is 5.45. The van der Waals surface area contributed by atoms with Crippen molar-refractivity contribution < 1.29 is 22.4 Å². The van der Waals surface area contributed by atoms with E-state index in [4.69, 9.17) is 0 Å². The Bertz CT molecular complexity index is 1280. The van der Waals surface area contributed by atoms with Gasteiger partial charge in [0.2, 0.25) is 15.9 Å². The zero-order chi connectivity index (χ0) is 25.4. The zero-order valence-corrected chi connectivity index (χ0v) is 20.4. The smallest absolute Gasteiger partial charge is 0.253 e. The van der Waals surface area contributed by atoms with Crippen LogP contribution in [0, 0.1) is 5.82 Å². The van der Waals surface area contributed by atoms with Crippen molar-refractivity contribution in [2.45, 2.75) is 31.2 Å². The van der Waals surface area contributed by atoms with Crippen LogP contribution in [0.15, 0.2) is 83.8 Å². The van der Waals surface area contributed by atoms with Crippen LogP contribution in [-0.4, -0.2) is 44.3 Å². The van der Waals surface area contributed by atoms with Gasteiger partial charge in [-0.1, -0.05) is 48.5 Å². The Labute approximate surface area is 205 Å². The molecule has 3 aromatic rings. The third-order valence-corrected chi connectivity index (χ3v) is 6.96. The summed E-state index contributed by atoms with van der Waals surface area (Å²) in [5, 5.41) is 2.69. The molecule has 0 fully saturated rings. The summed E-state index contributed by atoms with van der Waals surface area (Å²) < 4.78 is 42.4. The second kappa shape index (κ2) is 11.7. The van der Waals surface area contributed by atoms with Crippen LogP contribution < -0.4 is 10.0 Å². The summed E-state index contributed by atoms with van der Waals surface area (Å²) in [6.07, 6.45) is 0.0401. The number of sulfonamides is 1. The van der Waals surface area contributed by atoms with Crippen LogP contribution in [0.2, 0.25) is 0 Å². The SMILES string of the molecule is CCN(CC)C(=O)c1cccc(NC(=O)C(Cc2ccccc2)NS(=O)(=O)c2ccccc2F)c1. The highest BCUT2D eigenvalue weighted by atomic mass is 32.2. The molecule has 7 nitrogen and oxygen atoms in total. The molecule has 0 aliphatic rings. The van der Waals surface area contributed by atoms with Gasteiger partial charge in [-0.25, -0.2) is 12.8 Å². The monoisotopic (exact) mass is 497 g/mol. The lowest BCUT2D eigenvalue weighted by Crippen LogP contribution is -2.45. The van der Waals surface area contributed by atoms with Crippen LogP contribution in [0.3, 0.4) is 0 Å². The van der Waals surface area contributed by atoms with Crippen LogP contribution in [0.5, 0.6) is 0 Å². The molecule has 2 amide bonds. The van der Waals surface area contributed by atoms with Gasteiger partial charge in [-0.3, -0.25) is 9.59 Å². The Kier molecular flexibility index (Phi) is 8.73. The molecule has 0 bridgehead atoms. The molecule has 3 aromatic carbocycles. The molecule has 0 saturated heterocycles. The van der Waals surface area contributed by atoms with E-state index in [0.717, 1.165) is 12.1 Å². The summed E-state index contributed by atoms with van der Waals surface area (Å²) in [6, 6.07) is 19.1. The summed E-state index contributed by atoms with van der Waals surface area (Å²) in [6.45, 7) is 4.84. The highest BCUT2D eigenvalue weighted by molar-refractivity contribution is 7.89. The van der Waals surface area contributed by atoms with Crippen molar-refractivity contribution in [1.82, 2.24) is 9.62 Å². The van der Waals surface area contributed by atoms with Crippen molar-refractivity contribution >= 4 is 27.5 Å². The maximum absolute atomic E-state index is 14.2. The van der Waals surface area contributed by atoms with E-state index in [0.29, 0.717) is 29.9 Å². The summed E-state index contributed by atoms with van der Waals surface area (Å²) >= 11 is 0. The molecule has 1 atom stereocenters. The molecule has 0 aliphatic carbocycles. The minimum atomic E-state index is -4.33. The van der Waals surface area contributed by atoms with E-state index in [1.54, 1.807) is 59.5 Å². The molecule has 0 aromatic heterocycles. The van der Waals surface area contributed by atoms with E-state index in [1.165, 1.54) is 12.1 Å². The molecule has 0 aliphatic heterocycles. The summed E-state index contributed by atoms with van der Waals surface area (Å²) in [5.74, 6) is -1.73. The topological polar surface area (TPSA) is 95.6 Å². The number of carbonyl (C=O) groups is 2. The summed E-state index contributed by atoms with van der Waals surface area (Å²) in [4.78, 5) is 27.0. The van der Waals surface area contributed by atoms with Crippen molar-refractivity contribution in [2.24, 2.45) is 0 Å². The van der Waals surface area contributed by atoms with E-state index in [1.807, 2.05) is 13.8 Å². The van der Waals surface area contributed by atoms with Crippen LogP contribution in [0.25, 0.3) is 0 Å². The average Bonchev–Trinajstić information content (AvgIpc) is 2.85. The zero-order valence-electron chi connectivity index (χ0n) is 19.6. The lowest BCUT2D eigenvalue weighted by atomic mass is 10.1. The van der Waals surface area contributed by atoms with E-state index in [2.05, 4.69) is 10.0 Å². The van der Waals surface area contributed by atoms with Gasteiger partial charge in [0, 0.05) is 24.3 Å². The minimum Gasteiger partial charge on any atom is -0.339 e. The Morgan fingerprint density at radius 3 is 2.23 bits per heavy atom. The number of rotatable bonds is 10. The van der Waals surface area contributed by atoms with Crippen LogP contribution in [0.1, 0.15) is 29.8 Å². The molecule has 3 rings (SSSR count). The number of hydrogen-bond acceptors (Lipinski definition) is 4. The second-order valence-corrected chi connectivity index (χ2v) is 9.52. The third kappa shape index (κ3) is 6.74. The predicted octanol–water partition coefficient (Wildman–Crippen LogP) is 3.84. The normalized spacial score (nSPS) is 12.1. The number of anilines is 1. The molecule has 0 radical (unpaired) electrons. The maximum Gasteiger partial charge on any atom is 0.253 e. The quantitative estimate of drug-likeness (QED) is 0.445. The fourth-order valence-corrected chi connectivity index (χ4v) is 4.88. The van der Waals surface area contributed by atoms with Crippen molar-refractivity contribution in [3.8, 4) is 0 Å². The Morgan fingerprint density at radius 1 is 0.914 bits per heavy atom. The molecule has 2 N–H and O–H groups in total. The van der Waals surface area contributed by atoms with E-state index >= 15 is 0 Å². The number of benzene rings is 3. The molecular weight excluding hydrogens is 469 g/mol. The van der Waals surface area contributed by atoms with Gasteiger partial charge in [-0.15, -0.1) is 0 Å². The Balaban J connectivity index is 1.87. The van der Waals surface area contributed by atoms with Gasteiger partial charge in [-0.2, -0.15) is 4.72 Å². The molecule has 1 unspecified atom stereocenters. The Hall–Kier alpha value is -3.56. The first-order chi connectivity index (χ1) is 16.7. The van der Waals surface area contributed by atoms with Crippen molar-refractivity contribution in [3.63, 3.8) is 0 Å². The average molecular weight is 498 g/mol. The van der Waals surface area contributed by atoms with Crippen molar-refractivity contribution in [3.05, 3.63) is 95.8 Å². The van der Waals surface area contributed by atoms with Crippen molar-refractivity contribution in [1.29, 1.82) is 0 Å². The predicted molar refractivity (Wildman–Crippen MR) is 133 cm³/mol. The lowest BCUT2D eigenvalue weighted by molar-refractivity contribution is -0.117. The van der Waals surface area contributed by atoms with Gasteiger partial charge in [0.15, 0.2) is 0 Å². The van der Waals surface area contributed by atoms with Gasteiger partial charge in [0.05, 0.1) is 0 Å². The highest BCUT2D eigenvalue weighted by Gasteiger charge is 2.28. The van der Waals surface area contributed by atoms with Crippen LogP contribution >= 0.6 is 0 Å². The fraction of sp³-hybridized carbons (Fsp3) is 0.231. The van der Waals surface area contributed by atoms with Gasteiger partial charge in [0.25, 0.3) is 5.91 Å². The molecule has 35 heavy (non-hydrogen) atoms. The summed E-state index contributed by atoms with van der Waals surface area (Å²) in [5.41, 5.74) is 1.46. The largest absolute Gasteiger partial charge is 0.339 e. The van der Waals surface area contributed by atoms with E-state index in [9.17, 15) is 22.4 Å². The minimum absolute atomic E-state index is 0.0401. The van der Waals surface area contributed by atoms with E-state index in [-0.39, 0.29) is 12.3 Å². The molecule has 0 saturated carbocycles. The number of amides is 2. The molecule has 0 heterocycles. The number of hydrogen-bond donors (Lipinski definition) is 2. The highest BCUT2D eigenvalue weighted by Crippen LogP contribution is 2.17. The fourth-order valence-electron chi connectivity index (χ4n) is 3.60. The first-order valence-electron chi connectivity index (χ1n) is 11.3. The van der Waals surface area contributed by atoms with Crippen LogP contribution in [0.4, 0.5) is 10.1 Å². The number of carbonyl (C=O) groups excluding carboxylic acids is 2. The number of nitrogens with one attached hydrogen (secondary N) is 2. The first kappa shape index (κ1) is 26.1. The maximum atomic E-state index is 14.2. The molecule has 0 spiro atoms. The van der Waals surface area contributed by atoms with Gasteiger partial charge in [-0.05, 0) is 56.2 Å². The number of nitrogens with zero attached hydrogens (tertiary/aromatic N) is 1. The second-order valence-electron chi connectivity index (χ2n) is 7.84. The molecular formula is C26H28FN3O4S. The standard InChI is InChI=1S/C26H28FN3O4S/c1-3-30(4-2)26(32)20-13-10-14-21(18-20)28-25(31)23(17-19-11-6-5-7-12-19)29-35(33,34)24-16-9-8-15-22(24)27/h5-16,18,23,29H,3-4,17H2,1-2H3,(H,28,31). The van der Waals surface area contributed by atoms with Gasteiger partial charge >= 0.3 is 0 Å². The Morgan fingerprint density at radius 2 is 1.57 bits per heavy atom.